The molecule has 0 radical (unpaired) electrons. The fourth-order valence-corrected chi connectivity index (χ4v) is 2.89. The van der Waals surface area contributed by atoms with Gasteiger partial charge in [0.05, 0.1) is 5.92 Å². The second kappa shape index (κ2) is 7.97. The van der Waals surface area contributed by atoms with Gasteiger partial charge in [-0.3, -0.25) is 9.59 Å². The number of benzene rings is 2. The van der Waals surface area contributed by atoms with E-state index in [0.29, 0.717) is 17.3 Å². The Morgan fingerprint density at radius 1 is 1.08 bits per heavy atom. The van der Waals surface area contributed by atoms with Gasteiger partial charge in [0.1, 0.15) is 0 Å². The molecule has 4 heteroatoms. The van der Waals surface area contributed by atoms with Crippen molar-refractivity contribution >= 4 is 17.5 Å². The lowest BCUT2D eigenvalue weighted by Gasteiger charge is -2.17. The van der Waals surface area contributed by atoms with Crippen LogP contribution in [-0.2, 0) is 4.79 Å². The fraction of sp³-hybridized carbons (Fsp3) is 0.333. The Kier molecular flexibility index (Phi) is 5.49. The summed E-state index contributed by atoms with van der Waals surface area (Å²) in [6, 6.07) is 17.3. The zero-order chi connectivity index (χ0) is 17.6. The van der Waals surface area contributed by atoms with Gasteiger partial charge in [-0.2, -0.15) is 0 Å². The molecule has 1 fully saturated rings. The van der Waals surface area contributed by atoms with Crippen molar-refractivity contribution in [2.75, 3.05) is 5.32 Å². The van der Waals surface area contributed by atoms with Crippen LogP contribution in [0.15, 0.2) is 54.6 Å². The molecule has 0 saturated heterocycles. The molecule has 0 bridgehead atoms. The lowest BCUT2D eigenvalue weighted by atomic mass is 9.93. The van der Waals surface area contributed by atoms with E-state index in [2.05, 4.69) is 17.6 Å². The molecule has 130 valence electrons. The van der Waals surface area contributed by atoms with E-state index in [1.165, 1.54) is 0 Å². The van der Waals surface area contributed by atoms with Crippen LogP contribution in [0.2, 0.25) is 0 Å². The molecular weight excluding hydrogens is 312 g/mol. The number of carbonyl (C=O) groups excluding carboxylic acids is 2. The first-order valence-electron chi connectivity index (χ1n) is 8.94. The van der Waals surface area contributed by atoms with Crippen molar-refractivity contribution in [3.8, 4) is 0 Å². The lowest BCUT2D eigenvalue weighted by molar-refractivity contribution is -0.117. The molecule has 0 unspecified atom stereocenters. The van der Waals surface area contributed by atoms with Crippen LogP contribution in [0.1, 0.15) is 54.4 Å². The van der Waals surface area contributed by atoms with E-state index in [0.717, 1.165) is 31.2 Å². The summed E-state index contributed by atoms with van der Waals surface area (Å²) in [5.74, 6) is -0.297. The van der Waals surface area contributed by atoms with E-state index in [9.17, 15) is 9.59 Å². The van der Waals surface area contributed by atoms with Gasteiger partial charge in [0.2, 0.25) is 5.91 Å². The zero-order valence-electron chi connectivity index (χ0n) is 14.5. The predicted molar refractivity (Wildman–Crippen MR) is 99.7 cm³/mol. The standard InChI is InChI=1S/C21H24N2O2/c1-2-7-19(15-8-4-3-5-9-15)21(25)23-18-11-6-10-16(14-18)20(24)22-17-12-13-17/h3-6,8-11,14,17,19H,2,7,12-13H2,1H3,(H,22,24)(H,23,25)/t19-/m1/s1. The minimum absolute atomic E-state index is 0.0344. The average Bonchev–Trinajstić information content (AvgIpc) is 3.44. The Balaban J connectivity index is 1.71. The first kappa shape index (κ1) is 17.2. The number of anilines is 1. The van der Waals surface area contributed by atoms with Crippen molar-refractivity contribution in [1.82, 2.24) is 5.32 Å². The van der Waals surface area contributed by atoms with E-state index < -0.39 is 0 Å². The molecule has 3 rings (SSSR count). The Hall–Kier alpha value is -2.62. The molecule has 2 amide bonds. The summed E-state index contributed by atoms with van der Waals surface area (Å²) >= 11 is 0. The molecule has 2 N–H and O–H groups in total. The highest BCUT2D eigenvalue weighted by Crippen LogP contribution is 2.24. The van der Waals surface area contributed by atoms with Crippen LogP contribution >= 0.6 is 0 Å². The maximum absolute atomic E-state index is 12.8. The quantitative estimate of drug-likeness (QED) is 0.800. The van der Waals surface area contributed by atoms with Gasteiger partial charge in [0, 0.05) is 17.3 Å². The van der Waals surface area contributed by atoms with Crippen molar-refractivity contribution in [2.45, 2.75) is 44.6 Å². The van der Waals surface area contributed by atoms with Crippen LogP contribution in [-0.4, -0.2) is 17.9 Å². The Morgan fingerprint density at radius 2 is 1.84 bits per heavy atom. The normalized spacial score (nSPS) is 14.6. The summed E-state index contributed by atoms with van der Waals surface area (Å²) in [5, 5.41) is 5.94. The third-order valence-electron chi connectivity index (χ3n) is 4.40. The molecule has 0 aromatic heterocycles. The number of hydrogen-bond acceptors (Lipinski definition) is 2. The summed E-state index contributed by atoms with van der Waals surface area (Å²) < 4.78 is 0. The number of hydrogen-bond donors (Lipinski definition) is 2. The van der Waals surface area contributed by atoms with Gasteiger partial charge in [-0.1, -0.05) is 49.7 Å². The van der Waals surface area contributed by atoms with E-state index >= 15 is 0 Å². The van der Waals surface area contributed by atoms with Gasteiger partial charge in [-0.25, -0.2) is 0 Å². The lowest BCUT2D eigenvalue weighted by Crippen LogP contribution is -2.25. The van der Waals surface area contributed by atoms with Crippen molar-refractivity contribution in [3.63, 3.8) is 0 Å². The first-order valence-corrected chi connectivity index (χ1v) is 8.94. The minimum Gasteiger partial charge on any atom is -0.349 e. The number of nitrogens with one attached hydrogen (secondary N) is 2. The fourth-order valence-electron chi connectivity index (χ4n) is 2.89. The van der Waals surface area contributed by atoms with E-state index in [1.54, 1.807) is 18.2 Å². The van der Waals surface area contributed by atoms with Crippen LogP contribution < -0.4 is 10.6 Å². The highest BCUT2D eigenvalue weighted by atomic mass is 16.2. The largest absolute Gasteiger partial charge is 0.349 e. The summed E-state index contributed by atoms with van der Waals surface area (Å²) in [6.45, 7) is 2.08. The molecule has 0 spiro atoms. The van der Waals surface area contributed by atoms with Gasteiger partial charge in [-0.05, 0) is 43.0 Å². The van der Waals surface area contributed by atoms with Gasteiger partial charge < -0.3 is 10.6 Å². The summed E-state index contributed by atoms with van der Waals surface area (Å²) in [4.78, 5) is 24.9. The highest BCUT2D eigenvalue weighted by molar-refractivity contribution is 5.99. The molecule has 0 heterocycles. The maximum atomic E-state index is 12.8. The number of amides is 2. The van der Waals surface area contributed by atoms with Crippen LogP contribution in [0.25, 0.3) is 0 Å². The summed E-state index contributed by atoms with van der Waals surface area (Å²) in [5.41, 5.74) is 2.26. The first-order chi connectivity index (χ1) is 12.2. The number of rotatable bonds is 7. The second-order valence-electron chi connectivity index (χ2n) is 6.57. The van der Waals surface area contributed by atoms with Crippen molar-refractivity contribution < 1.29 is 9.59 Å². The molecule has 2 aromatic carbocycles. The molecular formula is C21H24N2O2. The van der Waals surface area contributed by atoms with Crippen molar-refractivity contribution in [3.05, 3.63) is 65.7 Å². The molecule has 1 saturated carbocycles. The smallest absolute Gasteiger partial charge is 0.251 e. The molecule has 2 aromatic rings. The van der Waals surface area contributed by atoms with Gasteiger partial charge in [0.15, 0.2) is 0 Å². The second-order valence-corrected chi connectivity index (χ2v) is 6.57. The molecule has 1 atom stereocenters. The maximum Gasteiger partial charge on any atom is 0.251 e. The molecule has 25 heavy (non-hydrogen) atoms. The van der Waals surface area contributed by atoms with Crippen LogP contribution in [0.5, 0.6) is 0 Å². The Bertz CT molecular complexity index is 739. The Morgan fingerprint density at radius 3 is 2.52 bits per heavy atom. The number of carbonyl (C=O) groups is 2. The van der Waals surface area contributed by atoms with E-state index in [4.69, 9.17) is 0 Å². The minimum atomic E-state index is -0.185. The van der Waals surface area contributed by atoms with E-state index in [1.807, 2.05) is 36.4 Å². The van der Waals surface area contributed by atoms with E-state index in [-0.39, 0.29) is 17.7 Å². The van der Waals surface area contributed by atoms with Crippen LogP contribution in [0.3, 0.4) is 0 Å². The van der Waals surface area contributed by atoms with Crippen LogP contribution in [0, 0.1) is 0 Å². The Labute approximate surface area is 148 Å². The molecule has 0 aliphatic heterocycles. The topological polar surface area (TPSA) is 58.2 Å². The third-order valence-corrected chi connectivity index (χ3v) is 4.40. The van der Waals surface area contributed by atoms with Crippen LogP contribution in [0.4, 0.5) is 5.69 Å². The zero-order valence-corrected chi connectivity index (χ0v) is 14.5. The summed E-state index contributed by atoms with van der Waals surface area (Å²) in [7, 11) is 0. The predicted octanol–water partition coefficient (Wildman–Crippen LogP) is 4.10. The van der Waals surface area contributed by atoms with Gasteiger partial charge in [0.25, 0.3) is 5.91 Å². The third kappa shape index (κ3) is 4.69. The monoisotopic (exact) mass is 336 g/mol. The van der Waals surface area contributed by atoms with Gasteiger partial charge >= 0.3 is 0 Å². The molecule has 4 nitrogen and oxygen atoms in total. The summed E-state index contributed by atoms with van der Waals surface area (Å²) in [6.07, 6.45) is 3.82. The van der Waals surface area contributed by atoms with Gasteiger partial charge in [-0.15, -0.1) is 0 Å². The molecule has 1 aliphatic rings. The van der Waals surface area contributed by atoms with Crippen molar-refractivity contribution in [1.29, 1.82) is 0 Å². The van der Waals surface area contributed by atoms with Crippen molar-refractivity contribution in [2.24, 2.45) is 0 Å². The highest BCUT2D eigenvalue weighted by Gasteiger charge is 2.24. The average molecular weight is 336 g/mol. The SMILES string of the molecule is CCC[C@@H](C(=O)Nc1cccc(C(=O)NC2CC2)c1)c1ccccc1. The molecule has 1 aliphatic carbocycles.